The highest BCUT2D eigenvalue weighted by atomic mass is 19.4. The van der Waals surface area contributed by atoms with E-state index in [9.17, 15) is 18.0 Å². The van der Waals surface area contributed by atoms with Gasteiger partial charge in [-0.2, -0.15) is 13.2 Å². The van der Waals surface area contributed by atoms with Crippen LogP contribution in [-0.2, 0) is 22.4 Å². The number of carbonyl (C=O) groups is 1. The molecule has 4 rings (SSSR count). The van der Waals surface area contributed by atoms with Crippen molar-refractivity contribution in [2.24, 2.45) is 5.16 Å². The number of piperidine rings is 1. The first-order valence-electron chi connectivity index (χ1n) is 10.4. The zero-order valence-corrected chi connectivity index (χ0v) is 17.6. The van der Waals surface area contributed by atoms with Gasteiger partial charge in [-0.15, -0.1) is 5.06 Å². The summed E-state index contributed by atoms with van der Waals surface area (Å²) in [4.78, 5) is 23.2. The molecule has 170 valence electrons. The lowest BCUT2D eigenvalue weighted by Gasteiger charge is -2.35. The molecule has 0 aliphatic carbocycles. The number of amides is 1. The Hall–Kier alpha value is -3.07. The topological polar surface area (TPSA) is 63.2 Å². The van der Waals surface area contributed by atoms with Crippen LogP contribution in [0.5, 0.6) is 0 Å². The SMILES string of the molecule is Cc1ccc(CNC(=O)ON2CCC3(CC2)CC(c2ccc(C(F)(F)F)cc2)=NO3)cc1. The van der Waals surface area contributed by atoms with E-state index in [1.165, 1.54) is 12.1 Å². The molecule has 0 aromatic heterocycles. The summed E-state index contributed by atoms with van der Waals surface area (Å²) in [7, 11) is 0. The third kappa shape index (κ3) is 5.21. The summed E-state index contributed by atoms with van der Waals surface area (Å²) in [6, 6.07) is 12.8. The summed E-state index contributed by atoms with van der Waals surface area (Å²) in [5, 5.41) is 8.45. The third-order valence-corrected chi connectivity index (χ3v) is 5.79. The Kier molecular flexibility index (Phi) is 6.10. The molecule has 0 unspecified atom stereocenters. The quantitative estimate of drug-likeness (QED) is 0.731. The molecule has 2 aliphatic rings. The minimum Gasteiger partial charge on any atom is -0.388 e. The van der Waals surface area contributed by atoms with Gasteiger partial charge in [0.2, 0.25) is 0 Å². The van der Waals surface area contributed by atoms with E-state index in [1.54, 1.807) is 5.06 Å². The van der Waals surface area contributed by atoms with Crippen molar-refractivity contribution >= 4 is 11.8 Å². The predicted molar refractivity (Wildman–Crippen MR) is 112 cm³/mol. The van der Waals surface area contributed by atoms with E-state index in [-0.39, 0.29) is 0 Å². The minimum absolute atomic E-state index is 0.379. The Labute approximate surface area is 183 Å². The van der Waals surface area contributed by atoms with Crippen LogP contribution in [0.1, 0.15) is 41.5 Å². The van der Waals surface area contributed by atoms with E-state index in [1.807, 2.05) is 31.2 Å². The van der Waals surface area contributed by atoms with Crippen LogP contribution in [0.15, 0.2) is 53.7 Å². The second-order valence-corrected chi connectivity index (χ2v) is 8.21. The molecule has 32 heavy (non-hydrogen) atoms. The van der Waals surface area contributed by atoms with E-state index in [0.717, 1.165) is 23.3 Å². The molecule has 1 amide bonds. The van der Waals surface area contributed by atoms with Crippen molar-refractivity contribution in [2.75, 3.05) is 13.1 Å². The van der Waals surface area contributed by atoms with Gasteiger partial charge in [-0.05, 0) is 30.2 Å². The first-order chi connectivity index (χ1) is 15.2. The molecule has 0 atom stereocenters. The lowest BCUT2D eigenvalue weighted by atomic mass is 9.86. The van der Waals surface area contributed by atoms with Crippen molar-refractivity contribution in [1.29, 1.82) is 0 Å². The van der Waals surface area contributed by atoms with Gasteiger partial charge in [0.15, 0.2) is 0 Å². The van der Waals surface area contributed by atoms with Crippen molar-refractivity contribution in [2.45, 2.75) is 44.5 Å². The number of hydrogen-bond acceptors (Lipinski definition) is 5. The molecule has 0 bridgehead atoms. The molecule has 0 radical (unpaired) electrons. The maximum absolute atomic E-state index is 12.8. The fourth-order valence-electron chi connectivity index (χ4n) is 3.81. The highest BCUT2D eigenvalue weighted by molar-refractivity contribution is 6.01. The van der Waals surface area contributed by atoms with E-state index in [2.05, 4.69) is 10.5 Å². The number of alkyl halides is 3. The average Bonchev–Trinajstić information content (AvgIpc) is 3.18. The number of hydrogen-bond donors (Lipinski definition) is 1. The predicted octanol–water partition coefficient (Wildman–Crippen LogP) is 4.81. The summed E-state index contributed by atoms with van der Waals surface area (Å²) in [6.45, 7) is 3.34. The normalized spacial score (nSPS) is 18.2. The molecular weight excluding hydrogens is 423 g/mol. The fourth-order valence-corrected chi connectivity index (χ4v) is 3.81. The number of halogens is 3. The summed E-state index contributed by atoms with van der Waals surface area (Å²) in [5.74, 6) is 0. The van der Waals surface area contributed by atoms with Crippen molar-refractivity contribution in [3.63, 3.8) is 0 Å². The van der Waals surface area contributed by atoms with Crippen molar-refractivity contribution < 1.29 is 27.6 Å². The monoisotopic (exact) mass is 447 g/mol. The van der Waals surface area contributed by atoms with Crippen molar-refractivity contribution in [1.82, 2.24) is 10.4 Å². The maximum atomic E-state index is 12.8. The molecule has 1 spiro atoms. The van der Waals surface area contributed by atoms with E-state index in [4.69, 9.17) is 9.68 Å². The average molecular weight is 447 g/mol. The van der Waals surface area contributed by atoms with E-state index >= 15 is 0 Å². The zero-order chi connectivity index (χ0) is 22.8. The number of nitrogens with zero attached hydrogens (tertiary/aromatic N) is 2. The molecule has 6 nitrogen and oxygen atoms in total. The number of rotatable bonds is 4. The lowest BCUT2D eigenvalue weighted by Crippen LogP contribution is -2.46. The Morgan fingerprint density at radius 1 is 1.12 bits per heavy atom. The fraction of sp³-hybridized carbons (Fsp3) is 0.391. The highest BCUT2D eigenvalue weighted by Gasteiger charge is 2.43. The molecule has 9 heteroatoms. The summed E-state index contributed by atoms with van der Waals surface area (Å²) in [5.41, 5.74) is 2.17. The van der Waals surface area contributed by atoms with Crippen LogP contribution in [0, 0.1) is 6.92 Å². The Balaban J connectivity index is 1.24. The van der Waals surface area contributed by atoms with Crippen LogP contribution in [0.4, 0.5) is 18.0 Å². The molecule has 2 heterocycles. The van der Waals surface area contributed by atoms with Crippen LogP contribution < -0.4 is 5.32 Å². The molecule has 0 saturated carbocycles. The van der Waals surface area contributed by atoms with Gasteiger partial charge in [-0.3, -0.25) is 0 Å². The number of benzene rings is 2. The van der Waals surface area contributed by atoms with Gasteiger partial charge in [-0.25, -0.2) is 4.79 Å². The second-order valence-electron chi connectivity index (χ2n) is 8.21. The van der Waals surface area contributed by atoms with Gasteiger partial charge in [0, 0.05) is 38.9 Å². The van der Waals surface area contributed by atoms with E-state index in [0.29, 0.717) is 50.2 Å². The zero-order valence-electron chi connectivity index (χ0n) is 17.6. The van der Waals surface area contributed by atoms with Gasteiger partial charge < -0.3 is 15.0 Å². The van der Waals surface area contributed by atoms with Crippen LogP contribution in [0.25, 0.3) is 0 Å². The van der Waals surface area contributed by atoms with Gasteiger partial charge in [0.1, 0.15) is 5.60 Å². The number of nitrogens with one attached hydrogen (secondary N) is 1. The smallest absolute Gasteiger partial charge is 0.388 e. The maximum Gasteiger partial charge on any atom is 0.426 e. The largest absolute Gasteiger partial charge is 0.426 e. The third-order valence-electron chi connectivity index (χ3n) is 5.79. The summed E-state index contributed by atoms with van der Waals surface area (Å²) < 4.78 is 38.3. The number of aryl methyl sites for hydroxylation is 1. The van der Waals surface area contributed by atoms with E-state index < -0.39 is 23.4 Å². The molecule has 2 aliphatic heterocycles. The second kappa shape index (κ2) is 8.82. The number of hydroxylamine groups is 2. The van der Waals surface area contributed by atoms with Gasteiger partial charge in [0.25, 0.3) is 0 Å². The molecule has 2 aromatic rings. The first-order valence-corrected chi connectivity index (χ1v) is 10.4. The van der Waals surface area contributed by atoms with Crippen LogP contribution in [0.3, 0.4) is 0 Å². The van der Waals surface area contributed by atoms with Crippen LogP contribution >= 0.6 is 0 Å². The molecule has 1 N–H and O–H groups in total. The standard InChI is InChI=1S/C23H24F3N3O3/c1-16-2-4-17(5-3-16)15-27-21(30)31-29-12-10-22(11-13-29)14-20(28-32-22)18-6-8-19(9-7-18)23(24,25)26/h2-9H,10-15H2,1H3,(H,27,30). The molecule has 1 saturated heterocycles. The molecular formula is C23H24F3N3O3. The van der Waals surface area contributed by atoms with Crippen molar-refractivity contribution in [3.8, 4) is 0 Å². The number of oxime groups is 1. The van der Waals surface area contributed by atoms with Crippen LogP contribution in [0.2, 0.25) is 0 Å². The van der Waals surface area contributed by atoms with Gasteiger partial charge in [-0.1, -0.05) is 47.1 Å². The Bertz CT molecular complexity index is 980. The highest BCUT2D eigenvalue weighted by Crippen LogP contribution is 2.37. The molecule has 1 fully saturated rings. The molecule has 2 aromatic carbocycles. The Morgan fingerprint density at radius 3 is 2.41 bits per heavy atom. The van der Waals surface area contributed by atoms with Gasteiger partial charge >= 0.3 is 12.3 Å². The minimum atomic E-state index is -4.37. The summed E-state index contributed by atoms with van der Waals surface area (Å²) >= 11 is 0. The van der Waals surface area contributed by atoms with Gasteiger partial charge in [0.05, 0.1) is 11.3 Å². The lowest BCUT2D eigenvalue weighted by molar-refractivity contribution is -0.157. The van der Waals surface area contributed by atoms with Crippen LogP contribution in [-0.4, -0.2) is 35.6 Å². The van der Waals surface area contributed by atoms with Crippen molar-refractivity contribution in [3.05, 3.63) is 70.8 Å². The number of carbonyl (C=O) groups excluding carboxylic acids is 1. The Morgan fingerprint density at radius 2 is 1.78 bits per heavy atom. The first kappa shape index (κ1) is 22.1. The summed E-state index contributed by atoms with van der Waals surface area (Å²) in [6.07, 6.45) is -3.20.